The van der Waals surface area contributed by atoms with Crippen LogP contribution in [0.5, 0.6) is 0 Å². The summed E-state index contributed by atoms with van der Waals surface area (Å²) in [5.41, 5.74) is -0.320. The van der Waals surface area contributed by atoms with Crippen LogP contribution in [0.25, 0.3) is 0 Å². The fourth-order valence-corrected chi connectivity index (χ4v) is 1.65. The summed E-state index contributed by atoms with van der Waals surface area (Å²) in [5, 5.41) is 9.42. The Bertz CT molecular complexity index is 354. The van der Waals surface area contributed by atoms with Crippen molar-refractivity contribution in [2.45, 2.75) is 33.1 Å². The minimum atomic E-state index is -0.853. The van der Waals surface area contributed by atoms with E-state index in [0.717, 1.165) is 5.56 Å². The van der Waals surface area contributed by atoms with E-state index in [2.05, 4.69) is 0 Å². The summed E-state index contributed by atoms with van der Waals surface area (Å²) in [6.45, 7) is 7.64. The molecule has 0 aliphatic carbocycles. The van der Waals surface area contributed by atoms with Gasteiger partial charge in [0.25, 0.3) is 0 Å². The van der Waals surface area contributed by atoms with Gasteiger partial charge in [0.1, 0.15) is 0 Å². The van der Waals surface area contributed by atoms with E-state index in [4.69, 9.17) is 0 Å². The van der Waals surface area contributed by atoms with Gasteiger partial charge in [-0.1, -0.05) is 51.1 Å². The number of benzene rings is 1. The Balaban J connectivity index is 0.00000225. The molecule has 0 heterocycles. The zero-order valence-corrected chi connectivity index (χ0v) is 9.74. The molecule has 3 heteroatoms. The number of rotatable bonds is 2. The number of carboxylic acid groups (broad SMARTS) is 1. The Hall–Kier alpha value is -0.0503. The summed E-state index contributed by atoms with van der Waals surface area (Å²) >= 11 is 0. The van der Waals surface area contributed by atoms with Crippen LogP contribution < -0.4 is 0 Å². The molecule has 0 spiro atoms. The predicted octanol–water partition coefficient (Wildman–Crippen LogP) is 2.16. The molecule has 1 rings (SSSR count). The normalized spacial score (nSPS) is 14.8. The molecule has 1 aromatic carbocycles. The summed E-state index contributed by atoms with van der Waals surface area (Å²) in [4.78, 5) is 11.5. The Kier molecular flexibility index (Phi) is 5.51. The summed E-state index contributed by atoms with van der Waals surface area (Å²) in [6.07, 6.45) is 0. The van der Waals surface area contributed by atoms with Gasteiger partial charge in [0.2, 0.25) is 0 Å². The second-order valence-electron chi connectivity index (χ2n) is 5.05. The van der Waals surface area contributed by atoms with Gasteiger partial charge in [0, 0.05) is 0 Å². The first-order valence-electron chi connectivity index (χ1n) is 5.09. The summed E-state index contributed by atoms with van der Waals surface area (Å²) in [7, 11) is 0. The van der Waals surface area contributed by atoms with Gasteiger partial charge >= 0.3 is 43.7 Å². The fourth-order valence-electron chi connectivity index (χ4n) is 1.65. The number of carbonyl (C=O) groups is 1. The van der Waals surface area contributed by atoms with Gasteiger partial charge in [-0.3, -0.25) is 4.79 Å². The molecule has 1 atom stereocenters. The van der Waals surface area contributed by atoms with Gasteiger partial charge in [0.05, 0.1) is 5.41 Å². The SMILES string of the molecule is CC(C)(C)C(C)(C(=O)O)c1ccccc1.[CaH2]. The van der Waals surface area contributed by atoms with Gasteiger partial charge in [-0.25, -0.2) is 0 Å². The maximum atomic E-state index is 11.5. The van der Waals surface area contributed by atoms with Crippen LogP contribution in [-0.2, 0) is 10.2 Å². The van der Waals surface area contributed by atoms with Crippen LogP contribution in [-0.4, -0.2) is 48.8 Å². The van der Waals surface area contributed by atoms with Crippen molar-refractivity contribution in [2.75, 3.05) is 0 Å². The van der Waals surface area contributed by atoms with Crippen molar-refractivity contribution in [2.24, 2.45) is 5.41 Å². The number of hydrogen-bond donors (Lipinski definition) is 1. The van der Waals surface area contributed by atoms with Crippen LogP contribution in [0.4, 0.5) is 0 Å². The van der Waals surface area contributed by atoms with Crippen molar-refractivity contribution in [1.29, 1.82) is 0 Å². The van der Waals surface area contributed by atoms with Gasteiger partial charge in [0.15, 0.2) is 0 Å². The van der Waals surface area contributed by atoms with Crippen LogP contribution in [0.15, 0.2) is 30.3 Å². The van der Waals surface area contributed by atoms with Crippen molar-refractivity contribution < 1.29 is 9.90 Å². The minimum absolute atomic E-state index is 0. The molecule has 16 heavy (non-hydrogen) atoms. The molecule has 2 nitrogen and oxygen atoms in total. The van der Waals surface area contributed by atoms with Crippen LogP contribution >= 0.6 is 0 Å². The third-order valence-electron chi connectivity index (χ3n) is 3.28. The molecule has 0 fully saturated rings. The van der Waals surface area contributed by atoms with E-state index in [1.54, 1.807) is 6.92 Å². The predicted molar refractivity (Wildman–Crippen MR) is 69.4 cm³/mol. The van der Waals surface area contributed by atoms with E-state index in [0.29, 0.717) is 0 Å². The molecule has 0 saturated carbocycles. The van der Waals surface area contributed by atoms with Crippen molar-refractivity contribution in [3.05, 3.63) is 35.9 Å². The molecule has 0 saturated heterocycles. The second-order valence-corrected chi connectivity index (χ2v) is 5.05. The van der Waals surface area contributed by atoms with Crippen molar-refractivity contribution in [3.63, 3.8) is 0 Å². The van der Waals surface area contributed by atoms with Crippen molar-refractivity contribution >= 4 is 43.7 Å². The molecule has 1 aromatic rings. The molecule has 0 amide bonds. The van der Waals surface area contributed by atoms with Crippen molar-refractivity contribution in [1.82, 2.24) is 0 Å². The fraction of sp³-hybridized carbons (Fsp3) is 0.462. The topological polar surface area (TPSA) is 37.3 Å². The average Bonchev–Trinajstić information content (AvgIpc) is 2.16. The van der Waals surface area contributed by atoms with Gasteiger partial charge < -0.3 is 5.11 Å². The van der Waals surface area contributed by atoms with Crippen LogP contribution in [0.2, 0.25) is 0 Å². The molecule has 0 aliphatic rings. The summed E-state index contributed by atoms with van der Waals surface area (Å²) < 4.78 is 0. The molecule has 1 unspecified atom stereocenters. The van der Waals surface area contributed by atoms with E-state index >= 15 is 0 Å². The molecular formula is C13H20CaO2. The number of hydrogen-bond acceptors (Lipinski definition) is 1. The molecule has 0 bridgehead atoms. The van der Waals surface area contributed by atoms with Gasteiger partial charge in [-0.15, -0.1) is 0 Å². The van der Waals surface area contributed by atoms with Gasteiger partial charge in [-0.05, 0) is 17.9 Å². The first kappa shape index (κ1) is 15.9. The standard InChI is InChI=1S/C13H18O2.Ca.2H/c1-12(2,3)13(4,11(14)15)10-8-6-5-7-9-10;;;/h5-9H,1-4H3,(H,14,15);;;. The summed E-state index contributed by atoms with van der Waals surface area (Å²) in [6, 6.07) is 9.40. The van der Waals surface area contributed by atoms with E-state index in [1.807, 2.05) is 51.1 Å². The molecular weight excluding hydrogens is 228 g/mol. The Morgan fingerprint density at radius 2 is 1.50 bits per heavy atom. The summed E-state index contributed by atoms with van der Waals surface area (Å²) in [5.74, 6) is -0.777. The molecule has 0 aliphatic heterocycles. The first-order chi connectivity index (χ1) is 6.80. The Morgan fingerprint density at radius 3 is 1.81 bits per heavy atom. The monoisotopic (exact) mass is 248 g/mol. The number of aliphatic carboxylic acids is 1. The van der Waals surface area contributed by atoms with E-state index in [9.17, 15) is 9.90 Å². The molecule has 0 radical (unpaired) electrons. The third-order valence-corrected chi connectivity index (χ3v) is 3.28. The maximum absolute atomic E-state index is 11.5. The first-order valence-corrected chi connectivity index (χ1v) is 5.09. The average molecular weight is 248 g/mol. The van der Waals surface area contributed by atoms with E-state index in [-0.39, 0.29) is 43.2 Å². The Labute approximate surface area is 127 Å². The van der Waals surface area contributed by atoms with Gasteiger partial charge in [-0.2, -0.15) is 0 Å². The molecule has 0 aromatic heterocycles. The zero-order valence-electron chi connectivity index (χ0n) is 9.74. The molecule has 86 valence electrons. The third kappa shape index (κ3) is 2.79. The van der Waals surface area contributed by atoms with Crippen LogP contribution in [0, 0.1) is 5.41 Å². The second kappa shape index (κ2) is 5.52. The number of carboxylic acids is 1. The quantitative estimate of drug-likeness (QED) is 0.814. The van der Waals surface area contributed by atoms with E-state index < -0.39 is 11.4 Å². The van der Waals surface area contributed by atoms with Crippen LogP contribution in [0.3, 0.4) is 0 Å². The van der Waals surface area contributed by atoms with E-state index in [1.165, 1.54) is 0 Å². The van der Waals surface area contributed by atoms with Crippen LogP contribution in [0.1, 0.15) is 33.3 Å². The molecule has 1 N–H and O–H groups in total. The Morgan fingerprint density at radius 1 is 1.06 bits per heavy atom. The zero-order chi connectivity index (χ0) is 11.7. The van der Waals surface area contributed by atoms with Crippen molar-refractivity contribution in [3.8, 4) is 0 Å².